The summed E-state index contributed by atoms with van der Waals surface area (Å²) in [7, 11) is 0. The number of nitrogens with zero attached hydrogens (tertiary/aromatic N) is 1. The summed E-state index contributed by atoms with van der Waals surface area (Å²) in [5, 5.41) is 3.60. The van der Waals surface area contributed by atoms with E-state index in [2.05, 4.69) is 48.4 Å². The van der Waals surface area contributed by atoms with Gasteiger partial charge in [-0.25, -0.2) is 0 Å². The Morgan fingerprint density at radius 1 is 1.11 bits per heavy atom. The second-order valence-corrected chi connectivity index (χ2v) is 5.19. The van der Waals surface area contributed by atoms with Crippen LogP contribution < -0.4 is 5.32 Å². The summed E-state index contributed by atoms with van der Waals surface area (Å²) in [4.78, 5) is 4.24. The van der Waals surface area contributed by atoms with Crippen molar-refractivity contribution in [2.24, 2.45) is 0 Å². The molecule has 1 atom stereocenters. The molecule has 0 saturated carbocycles. The third-order valence-electron chi connectivity index (χ3n) is 3.60. The fraction of sp³-hybridized carbons (Fsp3) is 0.312. The van der Waals surface area contributed by atoms with E-state index in [1.807, 2.05) is 12.4 Å². The average molecular weight is 238 g/mol. The zero-order valence-corrected chi connectivity index (χ0v) is 10.9. The van der Waals surface area contributed by atoms with Gasteiger partial charge >= 0.3 is 0 Å². The molecule has 18 heavy (non-hydrogen) atoms. The SMILES string of the molecule is Cc1cncc(NC2CCc3ccc(C)cc32)c1. The molecule has 1 unspecified atom stereocenters. The number of hydrogen-bond acceptors (Lipinski definition) is 2. The van der Waals surface area contributed by atoms with Gasteiger partial charge in [0.15, 0.2) is 0 Å². The smallest absolute Gasteiger partial charge is 0.0534 e. The zero-order chi connectivity index (χ0) is 12.5. The molecule has 1 aromatic carbocycles. The number of anilines is 1. The minimum atomic E-state index is 0.434. The monoisotopic (exact) mass is 238 g/mol. The molecule has 92 valence electrons. The van der Waals surface area contributed by atoms with Crippen LogP contribution in [0.15, 0.2) is 36.7 Å². The van der Waals surface area contributed by atoms with E-state index in [-0.39, 0.29) is 0 Å². The van der Waals surface area contributed by atoms with Crippen LogP contribution in [0.25, 0.3) is 0 Å². The Balaban J connectivity index is 1.86. The number of fused-ring (bicyclic) bond motifs is 1. The van der Waals surface area contributed by atoms with E-state index < -0.39 is 0 Å². The van der Waals surface area contributed by atoms with Crippen molar-refractivity contribution in [3.63, 3.8) is 0 Å². The topological polar surface area (TPSA) is 24.9 Å². The molecule has 3 rings (SSSR count). The van der Waals surface area contributed by atoms with E-state index in [1.54, 1.807) is 0 Å². The van der Waals surface area contributed by atoms with E-state index in [9.17, 15) is 0 Å². The Kier molecular flexibility index (Phi) is 2.78. The van der Waals surface area contributed by atoms with Crippen LogP contribution in [-0.2, 0) is 6.42 Å². The molecule has 1 aromatic heterocycles. The maximum absolute atomic E-state index is 4.24. The predicted octanol–water partition coefficient (Wildman–Crippen LogP) is 3.80. The van der Waals surface area contributed by atoms with Crippen molar-refractivity contribution in [1.29, 1.82) is 0 Å². The predicted molar refractivity (Wildman–Crippen MR) is 74.8 cm³/mol. The van der Waals surface area contributed by atoms with Crippen LogP contribution in [0.5, 0.6) is 0 Å². The number of aromatic nitrogens is 1. The lowest BCUT2D eigenvalue weighted by atomic mass is 10.0. The summed E-state index contributed by atoms with van der Waals surface area (Å²) < 4.78 is 0. The number of nitrogens with one attached hydrogen (secondary N) is 1. The summed E-state index contributed by atoms with van der Waals surface area (Å²) in [5.74, 6) is 0. The van der Waals surface area contributed by atoms with Crippen LogP contribution in [-0.4, -0.2) is 4.98 Å². The summed E-state index contributed by atoms with van der Waals surface area (Å²) in [6, 6.07) is 9.36. The van der Waals surface area contributed by atoms with Gasteiger partial charge in [-0.2, -0.15) is 0 Å². The first-order valence-electron chi connectivity index (χ1n) is 6.50. The van der Waals surface area contributed by atoms with E-state index in [0.29, 0.717) is 6.04 Å². The number of hydrogen-bond donors (Lipinski definition) is 1. The Labute approximate surface area is 108 Å². The van der Waals surface area contributed by atoms with Crippen LogP contribution in [0.3, 0.4) is 0 Å². The normalized spacial score (nSPS) is 17.6. The third kappa shape index (κ3) is 2.10. The highest BCUT2D eigenvalue weighted by Gasteiger charge is 2.22. The molecule has 2 nitrogen and oxygen atoms in total. The molecule has 1 heterocycles. The standard InChI is InChI=1S/C16H18N2/c1-11-3-4-13-5-6-16(15(13)8-11)18-14-7-12(2)9-17-10-14/h3-4,7-10,16,18H,5-6H2,1-2H3. The highest BCUT2D eigenvalue weighted by molar-refractivity contribution is 5.48. The molecule has 1 N–H and O–H groups in total. The molecule has 1 aliphatic carbocycles. The zero-order valence-electron chi connectivity index (χ0n) is 10.9. The van der Waals surface area contributed by atoms with Gasteiger partial charge in [-0.1, -0.05) is 23.8 Å². The van der Waals surface area contributed by atoms with Crippen molar-refractivity contribution < 1.29 is 0 Å². The number of benzene rings is 1. The van der Waals surface area contributed by atoms with Gasteiger partial charge in [0, 0.05) is 12.4 Å². The Morgan fingerprint density at radius 3 is 2.83 bits per heavy atom. The van der Waals surface area contributed by atoms with Crippen LogP contribution in [0.4, 0.5) is 5.69 Å². The maximum Gasteiger partial charge on any atom is 0.0534 e. The minimum Gasteiger partial charge on any atom is -0.377 e. The second-order valence-electron chi connectivity index (χ2n) is 5.19. The molecule has 0 amide bonds. The molecule has 2 aromatic rings. The third-order valence-corrected chi connectivity index (χ3v) is 3.60. The van der Waals surface area contributed by atoms with Crippen molar-refractivity contribution in [1.82, 2.24) is 4.98 Å². The Hall–Kier alpha value is -1.83. The molecule has 0 bridgehead atoms. The van der Waals surface area contributed by atoms with Gasteiger partial charge in [-0.05, 0) is 49.4 Å². The summed E-state index contributed by atoms with van der Waals surface area (Å²) in [6.45, 7) is 4.23. The summed E-state index contributed by atoms with van der Waals surface area (Å²) in [6.07, 6.45) is 6.14. The maximum atomic E-state index is 4.24. The van der Waals surface area contributed by atoms with Crippen molar-refractivity contribution in [3.8, 4) is 0 Å². The molecule has 0 spiro atoms. The lowest BCUT2D eigenvalue weighted by Crippen LogP contribution is -2.07. The van der Waals surface area contributed by atoms with Gasteiger partial charge in [-0.15, -0.1) is 0 Å². The Morgan fingerprint density at radius 2 is 2.00 bits per heavy atom. The van der Waals surface area contributed by atoms with Crippen molar-refractivity contribution in [2.75, 3.05) is 5.32 Å². The lowest BCUT2D eigenvalue weighted by molar-refractivity contribution is 0.761. The molecule has 0 radical (unpaired) electrons. The fourth-order valence-electron chi connectivity index (χ4n) is 2.71. The van der Waals surface area contributed by atoms with Crippen LogP contribution in [0, 0.1) is 13.8 Å². The largest absolute Gasteiger partial charge is 0.377 e. The van der Waals surface area contributed by atoms with Crippen LogP contribution >= 0.6 is 0 Å². The van der Waals surface area contributed by atoms with Gasteiger partial charge in [0.05, 0.1) is 11.7 Å². The Bertz CT molecular complexity index is 575. The lowest BCUT2D eigenvalue weighted by Gasteiger charge is -2.16. The van der Waals surface area contributed by atoms with Gasteiger partial charge < -0.3 is 5.32 Å². The first-order valence-corrected chi connectivity index (χ1v) is 6.50. The highest BCUT2D eigenvalue weighted by atomic mass is 14.9. The summed E-state index contributed by atoms with van der Waals surface area (Å²) in [5.41, 5.74) is 6.59. The number of aryl methyl sites for hydroxylation is 3. The molecule has 0 saturated heterocycles. The molecular formula is C16H18N2. The van der Waals surface area contributed by atoms with E-state index in [4.69, 9.17) is 0 Å². The molecule has 0 aliphatic heterocycles. The van der Waals surface area contributed by atoms with E-state index in [1.165, 1.54) is 35.1 Å². The highest BCUT2D eigenvalue weighted by Crippen LogP contribution is 2.34. The fourth-order valence-corrected chi connectivity index (χ4v) is 2.71. The second kappa shape index (κ2) is 4.45. The molecule has 1 aliphatic rings. The number of rotatable bonds is 2. The van der Waals surface area contributed by atoms with E-state index >= 15 is 0 Å². The van der Waals surface area contributed by atoms with Crippen LogP contribution in [0.1, 0.15) is 34.7 Å². The first-order chi connectivity index (χ1) is 8.72. The van der Waals surface area contributed by atoms with Crippen molar-refractivity contribution in [3.05, 3.63) is 58.9 Å². The van der Waals surface area contributed by atoms with Gasteiger partial charge in [0.2, 0.25) is 0 Å². The molecular weight excluding hydrogens is 220 g/mol. The summed E-state index contributed by atoms with van der Waals surface area (Å²) >= 11 is 0. The van der Waals surface area contributed by atoms with Gasteiger partial charge in [0.25, 0.3) is 0 Å². The van der Waals surface area contributed by atoms with Gasteiger partial charge in [0.1, 0.15) is 0 Å². The van der Waals surface area contributed by atoms with Crippen molar-refractivity contribution >= 4 is 5.69 Å². The van der Waals surface area contributed by atoms with Crippen molar-refractivity contribution in [2.45, 2.75) is 32.7 Å². The molecule has 0 fully saturated rings. The first kappa shape index (κ1) is 11.3. The average Bonchev–Trinajstić information content (AvgIpc) is 2.72. The van der Waals surface area contributed by atoms with E-state index in [0.717, 1.165) is 5.69 Å². The van der Waals surface area contributed by atoms with Crippen LogP contribution in [0.2, 0.25) is 0 Å². The van der Waals surface area contributed by atoms with Gasteiger partial charge in [-0.3, -0.25) is 4.98 Å². The number of pyridine rings is 1. The quantitative estimate of drug-likeness (QED) is 0.860. The minimum absolute atomic E-state index is 0.434. The molecule has 2 heteroatoms.